The van der Waals surface area contributed by atoms with E-state index in [9.17, 15) is 8.42 Å². The van der Waals surface area contributed by atoms with Crippen LogP contribution in [-0.2, 0) is 16.4 Å². The summed E-state index contributed by atoms with van der Waals surface area (Å²) in [7, 11) is -3.55. The molecule has 0 saturated heterocycles. The molecule has 0 bridgehead atoms. The van der Waals surface area contributed by atoms with Crippen LogP contribution in [0.15, 0.2) is 34.3 Å². The number of nitrogens with zero attached hydrogens (tertiary/aromatic N) is 1. The summed E-state index contributed by atoms with van der Waals surface area (Å²) >= 11 is 0. The van der Waals surface area contributed by atoms with Crippen molar-refractivity contribution in [3.8, 4) is 0 Å². The molecule has 0 unspecified atom stereocenters. The van der Waals surface area contributed by atoms with Gasteiger partial charge in [-0.25, -0.2) is 4.83 Å². The second kappa shape index (κ2) is 7.07. The lowest BCUT2D eigenvalue weighted by Gasteiger charge is -2.20. The highest BCUT2D eigenvalue weighted by Gasteiger charge is 2.18. The Kier molecular flexibility index (Phi) is 5.39. The van der Waals surface area contributed by atoms with Gasteiger partial charge in [-0.05, 0) is 49.3 Å². The summed E-state index contributed by atoms with van der Waals surface area (Å²) < 4.78 is 24.5. The summed E-state index contributed by atoms with van der Waals surface area (Å²) in [4.78, 5) is 2.66. The monoisotopic (exact) mass is 308 g/mol. The Morgan fingerprint density at radius 2 is 1.95 bits per heavy atom. The van der Waals surface area contributed by atoms with Crippen molar-refractivity contribution in [1.82, 2.24) is 4.83 Å². The molecule has 0 aliphatic heterocycles. The van der Waals surface area contributed by atoms with E-state index >= 15 is 0 Å². The van der Waals surface area contributed by atoms with E-state index in [-0.39, 0.29) is 4.90 Å². The highest BCUT2D eigenvalue weighted by molar-refractivity contribution is 7.89. The lowest BCUT2D eigenvalue weighted by Crippen LogP contribution is -2.24. The van der Waals surface area contributed by atoms with Crippen LogP contribution < -0.4 is 4.83 Å². The van der Waals surface area contributed by atoms with Gasteiger partial charge in [0.1, 0.15) is 0 Å². The summed E-state index contributed by atoms with van der Waals surface area (Å²) in [5.41, 5.74) is 2.12. The number of sulfonamides is 1. The highest BCUT2D eigenvalue weighted by Crippen LogP contribution is 2.21. The first-order chi connectivity index (χ1) is 10.0. The zero-order chi connectivity index (χ0) is 15.3. The molecule has 1 aromatic carbocycles. The Morgan fingerprint density at radius 3 is 2.57 bits per heavy atom. The number of hydrogen-bond donors (Lipinski definition) is 1. The predicted octanol–water partition coefficient (Wildman–Crippen LogP) is 3.48. The normalized spacial score (nSPS) is 21.4. The average molecular weight is 308 g/mol. The van der Waals surface area contributed by atoms with E-state index < -0.39 is 10.0 Å². The molecule has 4 nitrogen and oxygen atoms in total. The van der Waals surface area contributed by atoms with Gasteiger partial charge in [0.2, 0.25) is 0 Å². The lowest BCUT2D eigenvalue weighted by molar-refractivity contribution is 0.552. The molecule has 0 radical (unpaired) electrons. The third-order valence-electron chi connectivity index (χ3n) is 3.97. The largest absolute Gasteiger partial charge is 0.276 e. The summed E-state index contributed by atoms with van der Waals surface area (Å²) in [5, 5.41) is 4.15. The molecule has 5 heteroatoms. The third kappa shape index (κ3) is 4.30. The smallest absolute Gasteiger partial charge is 0.200 e. The molecule has 1 N–H and O–H groups in total. The van der Waals surface area contributed by atoms with Crippen LogP contribution >= 0.6 is 0 Å². The fourth-order valence-corrected chi connectivity index (χ4v) is 3.47. The number of aryl methyl sites for hydroxylation is 1. The van der Waals surface area contributed by atoms with E-state index in [1.165, 1.54) is 6.42 Å². The van der Waals surface area contributed by atoms with E-state index in [0.717, 1.165) is 43.4 Å². The van der Waals surface area contributed by atoms with Gasteiger partial charge >= 0.3 is 0 Å². The maximum absolute atomic E-state index is 12.2. The number of rotatable bonds is 5. The predicted molar refractivity (Wildman–Crippen MR) is 85.8 cm³/mol. The third-order valence-corrected chi connectivity index (χ3v) is 5.20. The van der Waals surface area contributed by atoms with Gasteiger partial charge in [0, 0.05) is 5.71 Å². The maximum Gasteiger partial charge on any atom is 0.276 e. The van der Waals surface area contributed by atoms with E-state index in [4.69, 9.17) is 0 Å². The van der Waals surface area contributed by atoms with Crippen molar-refractivity contribution in [1.29, 1.82) is 0 Å². The molecule has 1 aliphatic rings. The van der Waals surface area contributed by atoms with Gasteiger partial charge in [-0.15, -0.1) is 0 Å². The minimum Gasteiger partial charge on any atom is -0.200 e. The van der Waals surface area contributed by atoms with Crippen LogP contribution in [0.3, 0.4) is 0 Å². The van der Waals surface area contributed by atoms with E-state index in [1.54, 1.807) is 12.1 Å². The van der Waals surface area contributed by atoms with Crippen molar-refractivity contribution < 1.29 is 8.42 Å². The van der Waals surface area contributed by atoms with Crippen molar-refractivity contribution in [3.05, 3.63) is 29.8 Å². The van der Waals surface area contributed by atoms with Gasteiger partial charge in [0.15, 0.2) is 0 Å². The van der Waals surface area contributed by atoms with Gasteiger partial charge in [-0.1, -0.05) is 38.8 Å². The van der Waals surface area contributed by atoms with Crippen LogP contribution in [0.4, 0.5) is 0 Å². The first-order valence-electron chi connectivity index (χ1n) is 7.70. The summed E-state index contributed by atoms with van der Waals surface area (Å²) in [6, 6.07) is 7.04. The van der Waals surface area contributed by atoms with E-state index in [1.807, 2.05) is 12.1 Å². The zero-order valence-electron chi connectivity index (χ0n) is 12.8. The van der Waals surface area contributed by atoms with Crippen LogP contribution in [-0.4, -0.2) is 14.1 Å². The minimum atomic E-state index is -3.55. The van der Waals surface area contributed by atoms with Gasteiger partial charge in [-0.3, -0.25) is 0 Å². The molecule has 1 saturated carbocycles. The van der Waals surface area contributed by atoms with Gasteiger partial charge in [0.05, 0.1) is 4.90 Å². The Balaban J connectivity index is 2.09. The highest BCUT2D eigenvalue weighted by atomic mass is 32.2. The molecule has 1 atom stereocenters. The number of hydrazone groups is 1. The fourth-order valence-electron chi connectivity index (χ4n) is 2.63. The minimum absolute atomic E-state index is 0.273. The molecule has 116 valence electrons. The van der Waals surface area contributed by atoms with E-state index in [2.05, 4.69) is 23.8 Å². The quantitative estimate of drug-likeness (QED) is 0.847. The molecule has 21 heavy (non-hydrogen) atoms. The Morgan fingerprint density at radius 1 is 1.24 bits per heavy atom. The maximum atomic E-state index is 12.2. The molecule has 1 fully saturated rings. The summed E-state index contributed by atoms with van der Waals surface area (Å²) in [6.45, 7) is 4.21. The molecule has 0 amide bonds. The Bertz CT molecular complexity index is 591. The van der Waals surface area contributed by atoms with Crippen molar-refractivity contribution in [2.24, 2.45) is 11.0 Å². The zero-order valence-corrected chi connectivity index (χ0v) is 13.6. The van der Waals surface area contributed by atoms with Gasteiger partial charge in [-0.2, -0.15) is 13.5 Å². The molecule has 0 aromatic heterocycles. The first-order valence-corrected chi connectivity index (χ1v) is 9.18. The lowest BCUT2D eigenvalue weighted by atomic mass is 9.89. The number of benzene rings is 1. The second-order valence-corrected chi connectivity index (χ2v) is 7.40. The van der Waals surface area contributed by atoms with Crippen molar-refractivity contribution in [2.75, 3.05) is 0 Å². The van der Waals surface area contributed by atoms with Crippen LogP contribution in [0.25, 0.3) is 0 Å². The average Bonchev–Trinajstić information content (AvgIpc) is 2.47. The van der Waals surface area contributed by atoms with Crippen LogP contribution in [0, 0.1) is 5.92 Å². The SMILES string of the molecule is CCCc1ccc(S(=O)(=O)N/N=C2/CCCC[C@@H]2C)cc1. The number of nitrogens with one attached hydrogen (secondary N) is 1. The topological polar surface area (TPSA) is 58.5 Å². The molecule has 1 aromatic rings. The molecule has 0 spiro atoms. The fraction of sp³-hybridized carbons (Fsp3) is 0.562. The summed E-state index contributed by atoms with van der Waals surface area (Å²) in [6.07, 6.45) is 6.29. The van der Waals surface area contributed by atoms with Gasteiger partial charge in [0.25, 0.3) is 10.0 Å². The standard InChI is InChI=1S/C16H24N2O2S/c1-3-6-14-9-11-15(12-10-14)21(19,20)18-17-16-8-5-4-7-13(16)2/h9-13,18H,3-8H2,1-2H3/b17-16-/t13-/m0/s1. The van der Waals surface area contributed by atoms with Crippen molar-refractivity contribution in [2.45, 2.75) is 57.3 Å². The van der Waals surface area contributed by atoms with Crippen LogP contribution in [0.1, 0.15) is 51.5 Å². The first kappa shape index (κ1) is 16.0. The van der Waals surface area contributed by atoms with Gasteiger partial charge < -0.3 is 0 Å². The van der Waals surface area contributed by atoms with E-state index in [0.29, 0.717) is 5.92 Å². The van der Waals surface area contributed by atoms with Crippen molar-refractivity contribution >= 4 is 15.7 Å². The van der Waals surface area contributed by atoms with Crippen molar-refractivity contribution in [3.63, 3.8) is 0 Å². The van der Waals surface area contributed by atoms with Crippen LogP contribution in [0.5, 0.6) is 0 Å². The second-order valence-electron chi connectivity index (χ2n) is 5.74. The molecular weight excluding hydrogens is 284 g/mol. The Labute approximate surface area is 127 Å². The molecule has 0 heterocycles. The Hall–Kier alpha value is -1.36. The molecule has 2 rings (SSSR count). The van der Waals surface area contributed by atoms with Crippen LogP contribution in [0.2, 0.25) is 0 Å². The molecule has 1 aliphatic carbocycles. The number of hydrogen-bond acceptors (Lipinski definition) is 3. The summed E-state index contributed by atoms with van der Waals surface area (Å²) in [5.74, 6) is 0.369. The molecular formula is C16H24N2O2S.